The lowest BCUT2D eigenvalue weighted by Crippen LogP contribution is -2.06. The Morgan fingerprint density at radius 2 is 1.90 bits per heavy atom. The Bertz CT molecular complexity index is 664. The van der Waals surface area contributed by atoms with Crippen molar-refractivity contribution in [2.24, 2.45) is 0 Å². The highest BCUT2D eigenvalue weighted by Gasteiger charge is 2.17. The molecule has 0 radical (unpaired) electrons. The van der Waals surface area contributed by atoms with E-state index in [1.165, 1.54) is 18.2 Å². The number of ketones is 1. The molecule has 0 unspecified atom stereocenters. The van der Waals surface area contributed by atoms with Crippen molar-refractivity contribution in [1.82, 2.24) is 0 Å². The van der Waals surface area contributed by atoms with E-state index >= 15 is 0 Å². The van der Waals surface area contributed by atoms with Crippen LogP contribution in [0.1, 0.15) is 10.4 Å². The zero-order valence-corrected chi connectivity index (χ0v) is 13.2. The SMILES string of the molecule is O=C(CSc1ccccc1F)c1ccc(Br)c(Cl)c1F. The Kier molecular flexibility index (Phi) is 5.18. The molecule has 2 rings (SSSR count). The van der Waals surface area contributed by atoms with Gasteiger partial charge >= 0.3 is 0 Å². The molecule has 0 atom stereocenters. The number of benzene rings is 2. The molecule has 0 bridgehead atoms. The predicted molar refractivity (Wildman–Crippen MR) is 80.6 cm³/mol. The molecule has 0 N–H and O–H groups in total. The summed E-state index contributed by atoms with van der Waals surface area (Å²) < 4.78 is 27.6. The van der Waals surface area contributed by atoms with E-state index in [9.17, 15) is 13.6 Å². The van der Waals surface area contributed by atoms with Crippen LogP contribution in [0.2, 0.25) is 5.02 Å². The second-order valence-electron chi connectivity index (χ2n) is 3.87. The van der Waals surface area contributed by atoms with Crippen LogP contribution in [0.3, 0.4) is 0 Å². The average molecular weight is 378 g/mol. The van der Waals surface area contributed by atoms with E-state index in [0.29, 0.717) is 9.37 Å². The van der Waals surface area contributed by atoms with Gasteiger partial charge in [-0.2, -0.15) is 0 Å². The molecular weight excluding hydrogens is 370 g/mol. The molecule has 0 saturated carbocycles. The maximum Gasteiger partial charge on any atom is 0.176 e. The quantitative estimate of drug-likeness (QED) is 0.405. The number of hydrogen-bond donors (Lipinski definition) is 0. The van der Waals surface area contributed by atoms with Crippen molar-refractivity contribution in [3.8, 4) is 0 Å². The van der Waals surface area contributed by atoms with Gasteiger partial charge in [-0.15, -0.1) is 11.8 Å². The van der Waals surface area contributed by atoms with Gasteiger partial charge < -0.3 is 0 Å². The summed E-state index contributed by atoms with van der Waals surface area (Å²) in [5, 5.41) is -0.133. The monoisotopic (exact) mass is 376 g/mol. The highest BCUT2D eigenvalue weighted by Crippen LogP contribution is 2.29. The van der Waals surface area contributed by atoms with Gasteiger partial charge in [0.25, 0.3) is 0 Å². The average Bonchev–Trinajstić information content (AvgIpc) is 2.44. The molecule has 2 aromatic rings. The van der Waals surface area contributed by atoms with Crippen LogP contribution in [0.5, 0.6) is 0 Å². The number of hydrogen-bond acceptors (Lipinski definition) is 2. The van der Waals surface area contributed by atoms with Crippen molar-refractivity contribution >= 4 is 45.1 Å². The molecule has 2 aromatic carbocycles. The van der Waals surface area contributed by atoms with E-state index in [4.69, 9.17) is 11.6 Å². The zero-order chi connectivity index (χ0) is 14.7. The molecule has 0 aliphatic rings. The zero-order valence-electron chi connectivity index (χ0n) is 10.00. The summed E-state index contributed by atoms with van der Waals surface area (Å²) in [5.74, 6) is -1.67. The van der Waals surface area contributed by atoms with Crippen molar-refractivity contribution in [2.75, 3.05) is 5.75 Å². The van der Waals surface area contributed by atoms with Crippen molar-refractivity contribution < 1.29 is 13.6 Å². The van der Waals surface area contributed by atoms with Crippen molar-refractivity contribution in [2.45, 2.75) is 4.90 Å². The Morgan fingerprint density at radius 3 is 2.60 bits per heavy atom. The normalized spacial score (nSPS) is 10.6. The van der Waals surface area contributed by atoms with Gasteiger partial charge in [0, 0.05) is 9.37 Å². The summed E-state index contributed by atoms with van der Waals surface area (Å²) in [6.07, 6.45) is 0. The Balaban J connectivity index is 2.14. The van der Waals surface area contributed by atoms with Crippen molar-refractivity contribution in [3.05, 3.63) is 63.1 Å². The number of rotatable bonds is 4. The van der Waals surface area contributed by atoms with Gasteiger partial charge in [0.2, 0.25) is 0 Å². The van der Waals surface area contributed by atoms with Crippen LogP contribution in [0, 0.1) is 11.6 Å². The lowest BCUT2D eigenvalue weighted by Gasteiger charge is -2.06. The fourth-order valence-corrected chi connectivity index (χ4v) is 2.82. The third kappa shape index (κ3) is 3.40. The van der Waals surface area contributed by atoms with Crippen LogP contribution in [0.25, 0.3) is 0 Å². The topological polar surface area (TPSA) is 17.1 Å². The lowest BCUT2D eigenvalue weighted by atomic mass is 10.1. The second kappa shape index (κ2) is 6.70. The molecule has 20 heavy (non-hydrogen) atoms. The molecule has 0 heterocycles. The maximum atomic E-state index is 13.9. The highest BCUT2D eigenvalue weighted by atomic mass is 79.9. The molecule has 0 amide bonds. The number of carbonyl (C=O) groups excluding carboxylic acids is 1. The summed E-state index contributed by atoms with van der Waals surface area (Å²) in [6.45, 7) is 0. The van der Waals surface area contributed by atoms with E-state index in [-0.39, 0.29) is 16.3 Å². The summed E-state index contributed by atoms with van der Waals surface area (Å²) >= 11 is 9.83. The number of thioether (sulfide) groups is 1. The predicted octanol–water partition coefficient (Wildman–Crippen LogP) is 5.36. The van der Waals surface area contributed by atoms with E-state index in [2.05, 4.69) is 15.9 Å². The fraction of sp³-hybridized carbons (Fsp3) is 0.0714. The molecule has 0 saturated heterocycles. The van der Waals surface area contributed by atoms with E-state index in [1.807, 2.05) is 0 Å². The standard InChI is InChI=1S/C14H8BrClF2OS/c15-9-6-5-8(14(18)13(9)16)11(19)7-20-12-4-2-1-3-10(12)17/h1-6H,7H2. The van der Waals surface area contributed by atoms with E-state index in [0.717, 1.165) is 11.8 Å². The van der Waals surface area contributed by atoms with Gasteiger partial charge in [-0.1, -0.05) is 23.7 Å². The first-order chi connectivity index (χ1) is 9.50. The first-order valence-corrected chi connectivity index (χ1v) is 7.70. The van der Waals surface area contributed by atoms with Crippen molar-refractivity contribution in [1.29, 1.82) is 0 Å². The lowest BCUT2D eigenvalue weighted by molar-refractivity contribution is 0.101. The molecule has 6 heteroatoms. The Hall–Kier alpha value is -0.910. The van der Waals surface area contributed by atoms with Gasteiger partial charge in [0.15, 0.2) is 11.6 Å². The van der Waals surface area contributed by atoms with Crippen LogP contribution in [0.4, 0.5) is 8.78 Å². The first-order valence-electron chi connectivity index (χ1n) is 5.54. The molecule has 104 valence electrons. The third-order valence-electron chi connectivity index (χ3n) is 2.53. The molecule has 0 aliphatic carbocycles. The van der Waals surface area contributed by atoms with Crippen LogP contribution in [-0.2, 0) is 0 Å². The van der Waals surface area contributed by atoms with Gasteiger partial charge in [-0.3, -0.25) is 4.79 Å². The molecular formula is C14H8BrClF2OS. The molecule has 0 spiro atoms. The van der Waals surface area contributed by atoms with Gasteiger partial charge in [-0.05, 0) is 40.2 Å². The van der Waals surface area contributed by atoms with Crippen molar-refractivity contribution in [3.63, 3.8) is 0 Å². The van der Waals surface area contributed by atoms with E-state index < -0.39 is 17.4 Å². The fourth-order valence-electron chi connectivity index (χ4n) is 1.52. The highest BCUT2D eigenvalue weighted by molar-refractivity contribution is 9.10. The number of carbonyl (C=O) groups is 1. The molecule has 0 fully saturated rings. The molecule has 0 aliphatic heterocycles. The number of Topliss-reactive ketones (excluding diaryl/α,β-unsaturated/α-hetero) is 1. The van der Waals surface area contributed by atoms with Gasteiger partial charge in [-0.25, -0.2) is 8.78 Å². The Morgan fingerprint density at radius 1 is 1.20 bits per heavy atom. The minimum absolute atomic E-state index is 0.0597. The largest absolute Gasteiger partial charge is 0.293 e. The van der Waals surface area contributed by atoms with Crippen LogP contribution in [0.15, 0.2) is 45.8 Å². The minimum atomic E-state index is -0.764. The van der Waals surface area contributed by atoms with Crippen LogP contribution in [-0.4, -0.2) is 11.5 Å². The van der Waals surface area contributed by atoms with Gasteiger partial charge in [0.05, 0.1) is 16.3 Å². The number of halogens is 4. The molecule has 0 aromatic heterocycles. The summed E-state index contributed by atoms with van der Waals surface area (Å²) in [7, 11) is 0. The van der Waals surface area contributed by atoms with Crippen LogP contribution >= 0.6 is 39.3 Å². The summed E-state index contributed by atoms with van der Waals surface area (Å²) in [6, 6.07) is 8.98. The summed E-state index contributed by atoms with van der Waals surface area (Å²) in [4.78, 5) is 12.3. The van der Waals surface area contributed by atoms with Gasteiger partial charge in [0.1, 0.15) is 5.82 Å². The first kappa shape index (κ1) is 15.5. The summed E-state index contributed by atoms with van der Waals surface area (Å²) in [5.41, 5.74) is -0.0953. The van der Waals surface area contributed by atoms with Crippen LogP contribution < -0.4 is 0 Å². The second-order valence-corrected chi connectivity index (χ2v) is 6.11. The third-order valence-corrected chi connectivity index (χ3v) is 4.84. The Labute approximate surface area is 132 Å². The molecule has 1 nitrogen and oxygen atoms in total. The minimum Gasteiger partial charge on any atom is -0.293 e. The maximum absolute atomic E-state index is 13.9. The smallest absolute Gasteiger partial charge is 0.176 e. The van der Waals surface area contributed by atoms with E-state index in [1.54, 1.807) is 18.2 Å².